The van der Waals surface area contributed by atoms with E-state index in [1.165, 1.54) is 0 Å². The minimum atomic E-state index is 0.0585. The van der Waals surface area contributed by atoms with Crippen LogP contribution in [0.2, 0.25) is 0 Å². The lowest BCUT2D eigenvalue weighted by Gasteiger charge is -2.06. The smallest absolute Gasteiger partial charge is 0.263 e. The third kappa shape index (κ3) is 3.81. The third-order valence-corrected chi connectivity index (χ3v) is 6.53. The molecule has 0 N–H and O–H groups in total. The van der Waals surface area contributed by atoms with Gasteiger partial charge >= 0.3 is 0 Å². The summed E-state index contributed by atoms with van der Waals surface area (Å²) in [6, 6.07) is 18.2. The van der Waals surface area contributed by atoms with Gasteiger partial charge in [-0.2, -0.15) is 0 Å². The molecular formula is C26H24N2O2S. The fourth-order valence-electron chi connectivity index (χ4n) is 3.98. The zero-order chi connectivity index (χ0) is 21.2. The van der Waals surface area contributed by atoms with Crippen LogP contribution in [0.1, 0.15) is 37.6 Å². The number of ether oxygens (including phenoxy) is 1. The Balaban J connectivity index is 1.48. The van der Waals surface area contributed by atoms with E-state index in [2.05, 4.69) is 25.1 Å². The molecule has 0 amide bonds. The van der Waals surface area contributed by atoms with E-state index in [0.29, 0.717) is 6.54 Å². The number of unbranched alkanes of at least 4 members (excludes halogenated alkanes) is 1. The van der Waals surface area contributed by atoms with Gasteiger partial charge in [-0.15, -0.1) is 11.3 Å². The Kier molecular flexibility index (Phi) is 5.43. The predicted molar refractivity (Wildman–Crippen MR) is 129 cm³/mol. The first-order valence-corrected chi connectivity index (χ1v) is 11.6. The quantitative estimate of drug-likeness (QED) is 0.341. The minimum absolute atomic E-state index is 0.0585. The molecule has 0 radical (unpaired) electrons. The van der Waals surface area contributed by atoms with Crippen LogP contribution in [0, 0.1) is 0 Å². The summed E-state index contributed by atoms with van der Waals surface area (Å²) in [5, 5.41) is 2.78. The first-order valence-electron chi connectivity index (χ1n) is 10.8. The van der Waals surface area contributed by atoms with Gasteiger partial charge in [0.1, 0.15) is 16.4 Å². The Hall–Kier alpha value is -3.18. The van der Waals surface area contributed by atoms with Crippen LogP contribution in [0.15, 0.2) is 64.8 Å². The molecule has 5 rings (SSSR count). The molecule has 1 aliphatic heterocycles. The predicted octanol–water partition coefficient (Wildman–Crippen LogP) is 6.25. The van der Waals surface area contributed by atoms with Crippen LogP contribution in [-0.4, -0.2) is 16.2 Å². The second-order valence-electron chi connectivity index (χ2n) is 7.78. The molecule has 0 bridgehead atoms. The van der Waals surface area contributed by atoms with E-state index in [9.17, 15) is 4.79 Å². The summed E-state index contributed by atoms with van der Waals surface area (Å²) in [7, 11) is 0. The van der Waals surface area contributed by atoms with Crippen molar-refractivity contribution in [2.45, 2.75) is 32.7 Å². The molecule has 156 valence electrons. The highest BCUT2D eigenvalue weighted by Gasteiger charge is 2.23. The highest BCUT2D eigenvalue weighted by Crippen LogP contribution is 2.34. The molecule has 2 aromatic carbocycles. The third-order valence-electron chi connectivity index (χ3n) is 5.66. The normalized spacial score (nSPS) is 14.3. The lowest BCUT2D eigenvalue weighted by atomic mass is 10.1. The van der Waals surface area contributed by atoms with Gasteiger partial charge in [0.25, 0.3) is 5.56 Å². The topological polar surface area (TPSA) is 44.1 Å². The summed E-state index contributed by atoms with van der Waals surface area (Å²) < 4.78 is 7.58. The van der Waals surface area contributed by atoms with E-state index in [-0.39, 0.29) is 5.56 Å². The van der Waals surface area contributed by atoms with Crippen molar-refractivity contribution in [3.63, 3.8) is 0 Å². The largest absolute Gasteiger partial charge is 0.494 e. The number of allylic oxidation sites excluding steroid dienone is 1. The molecule has 0 atom stereocenters. The maximum atomic E-state index is 13.3. The van der Waals surface area contributed by atoms with E-state index in [1.54, 1.807) is 11.3 Å². The summed E-state index contributed by atoms with van der Waals surface area (Å²) in [5.74, 6) is 1.69. The lowest BCUT2D eigenvalue weighted by molar-refractivity contribution is 0.309. The van der Waals surface area contributed by atoms with Gasteiger partial charge < -0.3 is 4.74 Å². The number of nitrogens with zero attached hydrogens (tertiary/aromatic N) is 2. The van der Waals surface area contributed by atoms with Crippen molar-refractivity contribution in [2.75, 3.05) is 6.61 Å². The minimum Gasteiger partial charge on any atom is -0.494 e. The van der Waals surface area contributed by atoms with E-state index < -0.39 is 0 Å². The molecule has 31 heavy (non-hydrogen) atoms. The number of benzene rings is 2. The first-order chi connectivity index (χ1) is 15.2. The van der Waals surface area contributed by atoms with E-state index in [4.69, 9.17) is 9.72 Å². The molecular weight excluding hydrogens is 404 g/mol. The van der Waals surface area contributed by atoms with Gasteiger partial charge in [-0.05, 0) is 47.8 Å². The SMILES string of the molecule is CCCCOc1ccc(/C=C2\CCn3c2nc2scc(-c4ccccc4)c2c3=O)cc1. The van der Waals surface area contributed by atoms with Gasteiger partial charge in [-0.3, -0.25) is 9.36 Å². The summed E-state index contributed by atoms with van der Waals surface area (Å²) >= 11 is 1.54. The number of hydrogen-bond acceptors (Lipinski definition) is 4. The van der Waals surface area contributed by atoms with Gasteiger partial charge in [0, 0.05) is 17.5 Å². The van der Waals surface area contributed by atoms with Crippen LogP contribution < -0.4 is 10.3 Å². The zero-order valence-corrected chi connectivity index (χ0v) is 18.3. The fourth-order valence-corrected chi connectivity index (χ4v) is 4.92. The average Bonchev–Trinajstić information content (AvgIpc) is 3.41. The summed E-state index contributed by atoms with van der Waals surface area (Å²) in [6.07, 6.45) is 5.14. The van der Waals surface area contributed by atoms with E-state index >= 15 is 0 Å². The highest BCUT2D eigenvalue weighted by molar-refractivity contribution is 7.17. The van der Waals surface area contributed by atoms with Crippen LogP contribution in [0.4, 0.5) is 0 Å². The monoisotopic (exact) mass is 428 g/mol. The van der Waals surface area contributed by atoms with Crippen molar-refractivity contribution in [2.24, 2.45) is 0 Å². The lowest BCUT2D eigenvalue weighted by Crippen LogP contribution is -2.20. The molecule has 0 spiro atoms. The van der Waals surface area contributed by atoms with Crippen LogP contribution in [0.25, 0.3) is 33.0 Å². The Bertz CT molecular complexity index is 1300. The molecule has 0 saturated carbocycles. The average molecular weight is 429 g/mol. The first kappa shape index (κ1) is 19.8. The van der Waals surface area contributed by atoms with Gasteiger partial charge in [-0.25, -0.2) is 4.98 Å². The second kappa shape index (κ2) is 8.52. The van der Waals surface area contributed by atoms with Gasteiger partial charge in [0.2, 0.25) is 0 Å². The van der Waals surface area contributed by atoms with E-state index in [0.717, 1.165) is 69.9 Å². The Labute approximate surface area is 185 Å². The number of rotatable bonds is 6. The van der Waals surface area contributed by atoms with Crippen LogP contribution in [0.5, 0.6) is 5.75 Å². The fraction of sp³-hybridized carbons (Fsp3) is 0.231. The van der Waals surface area contributed by atoms with Crippen molar-refractivity contribution in [3.8, 4) is 16.9 Å². The Morgan fingerprint density at radius 3 is 2.71 bits per heavy atom. The number of hydrogen-bond donors (Lipinski definition) is 0. The van der Waals surface area contributed by atoms with Crippen molar-refractivity contribution in [3.05, 3.63) is 81.7 Å². The summed E-state index contributed by atoms with van der Waals surface area (Å²) in [4.78, 5) is 19.0. The van der Waals surface area contributed by atoms with Gasteiger partial charge in [0.05, 0.1) is 12.0 Å². The zero-order valence-electron chi connectivity index (χ0n) is 17.5. The second-order valence-corrected chi connectivity index (χ2v) is 8.64. The molecule has 0 saturated heterocycles. The Morgan fingerprint density at radius 2 is 1.94 bits per heavy atom. The highest BCUT2D eigenvalue weighted by atomic mass is 32.1. The maximum absolute atomic E-state index is 13.3. The number of fused-ring (bicyclic) bond motifs is 2. The maximum Gasteiger partial charge on any atom is 0.263 e. The molecule has 5 heteroatoms. The van der Waals surface area contributed by atoms with Crippen molar-refractivity contribution < 1.29 is 4.74 Å². The van der Waals surface area contributed by atoms with Crippen LogP contribution in [0.3, 0.4) is 0 Å². The molecule has 0 unspecified atom stereocenters. The van der Waals surface area contributed by atoms with Crippen molar-refractivity contribution in [1.29, 1.82) is 0 Å². The molecule has 0 fully saturated rings. The molecule has 4 aromatic rings. The van der Waals surface area contributed by atoms with Crippen LogP contribution >= 0.6 is 11.3 Å². The molecule has 1 aliphatic rings. The van der Waals surface area contributed by atoms with Gasteiger partial charge in [0.15, 0.2) is 0 Å². The standard InChI is InChI=1S/C26H24N2O2S/c1-2-3-15-30-21-11-9-18(10-12-21)16-20-13-14-28-24(20)27-25-23(26(28)29)22(17-31-25)19-7-5-4-6-8-19/h4-12,16-17H,2-3,13-15H2,1H3/b20-16+. The summed E-state index contributed by atoms with van der Waals surface area (Å²) in [5.41, 5.74) is 4.29. The number of aromatic nitrogens is 2. The summed E-state index contributed by atoms with van der Waals surface area (Å²) in [6.45, 7) is 3.58. The van der Waals surface area contributed by atoms with Crippen molar-refractivity contribution >= 4 is 33.2 Å². The molecule has 2 aromatic heterocycles. The van der Waals surface area contributed by atoms with Crippen LogP contribution in [-0.2, 0) is 6.54 Å². The molecule has 4 nitrogen and oxygen atoms in total. The van der Waals surface area contributed by atoms with Gasteiger partial charge in [-0.1, -0.05) is 55.8 Å². The molecule has 3 heterocycles. The Morgan fingerprint density at radius 1 is 1.13 bits per heavy atom. The number of thiophene rings is 1. The molecule has 0 aliphatic carbocycles. The van der Waals surface area contributed by atoms with E-state index in [1.807, 2.05) is 52.4 Å². The van der Waals surface area contributed by atoms with Crippen molar-refractivity contribution in [1.82, 2.24) is 9.55 Å².